The van der Waals surface area contributed by atoms with Gasteiger partial charge in [-0.15, -0.1) is 16.4 Å². The number of anilines is 1. The summed E-state index contributed by atoms with van der Waals surface area (Å²) in [7, 11) is 0. The Hall–Kier alpha value is -2.14. The molecule has 0 aliphatic heterocycles. The molecule has 0 bridgehead atoms. The number of carbonyl (C=O) groups excluding carboxylic acids is 2. The van der Waals surface area contributed by atoms with Crippen molar-refractivity contribution in [3.05, 3.63) is 16.0 Å². The molecule has 2 aromatic heterocycles. The maximum absolute atomic E-state index is 12.4. The SMILES string of the molecule is CCOC(=O)c1sc(N)c(C(=O)OCC)c1CSc1nnnn1C(C)(C)C. The molecule has 11 heteroatoms. The zero-order valence-electron chi connectivity index (χ0n) is 15.9. The fourth-order valence-electron chi connectivity index (χ4n) is 2.24. The molecule has 2 heterocycles. The minimum atomic E-state index is -0.562. The molecule has 0 amide bonds. The normalized spacial score (nSPS) is 11.4. The van der Waals surface area contributed by atoms with Gasteiger partial charge in [0.05, 0.1) is 24.3 Å². The Bertz CT molecular complexity index is 825. The van der Waals surface area contributed by atoms with Gasteiger partial charge in [-0.25, -0.2) is 14.3 Å². The van der Waals surface area contributed by atoms with Crippen LogP contribution in [0.5, 0.6) is 0 Å². The van der Waals surface area contributed by atoms with Crippen LogP contribution < -0.4 is 5.73 Å². The molecule has 0 unspecified atom stereocenters. The number of aromatic nitrogens is 4. The summed E-state index contributed by atoms with van der Waals surface area (Å²) in [5.41, 5.74) is 6.37. The van der Waals surface area contributed by atoms with Crippen molar-refractivity contribution in [3.63, 3.8) is 0 Å². The van der Waals surface area contributed by atoms with Gasteiger partial charge in [-0.05, 0) is 45.0 Å². The first-order valence-corrected chi connectivity index (χ1v) is 10.2. The number of hydrogen-bond acceptors (Lipinski definition) is 10. The van der Waals surface area contributed by atoms with Gasteiger partial charge >= 0.3 is 11.9 Å². The largest absolute Gasteiger partial charge is 0.462 e. The van der Waals surface area contributed by atoms with E-state index in [1.54, 1.807) is 18.5 Å². The number of tetrazole rings is 1. The lowest BCUT2D eigenvalue weighted by Gasteiger charge is -2.19. The Kier molecular flexibility index (Phi) is 6.82. The lowest BCUT2D eigenvalue weighted by molar-refractivity contribution is 0.0527. The average Bonchev–Trinajstić information content (AvgIpc) is 3.17. The van der Waals surface area contributed by atoms with Crippen molar-refractivity contribution in [3.8, 4) is 0 Å². The molecule has 0 saturated heterocycles. The molecule has 0 radical (unpaired) electrons. The fourth-order valence-corrected chi connectivity index (χ4v) is 4.39. The van der Waals surface area contributed by atoms with Gasteiger partial charge in [-0.2, -0.15) is 0 Å². The van der Waals surface area contributed by atoms with E-state index in [2.05, 4.69) is 15.5 Å². The smallest absolute Gasteiger partial charge is 0.348 e. The molecule has 148 valence electrons. The highest BCUT2D eigenvalue weighted by Crippen LogP contribution is 2.36. The second kappa shape index (κ2) is 8.70. The molecule has 0 fully saturated rings. The second-order valence-corrected chi connectivity index (χ2v) is 8.42. The Balaban J connectivity index is 2.40. The molecule has 2 N–H and O–H groups in total. The maximum atomic E-state index is 12.4. The molecular formula is C16H23N5O4S2. The molecule has 27 heavy (non-hydrogen) atoms. The minimum absolute atomic E-state index is 0.201. The van der Waals surface area contributed by atoms with Gasteiger partial charge in [0.2, 0.25) is 5.16 Å². The molecule has 0 saturated carbocycles. The van der Waals surface area contributed by atoms with Gasteiger partial charge in [0.1, 0.15) is 9.88 Å². The maximum Gasteiger partial charge on any atom is 0.348 e. The van der Waals surface area contributed by atoms with Crippen LogP contribution in [-0.4, -0.2) is 45.4 Å². The highest BCUT2D eigenvalue weighted by atomic mass is 32.2. The Morgan fingerprint density at radius 3 is 2.41 bits per heavy atom. The first-order valence-electron chi connectivity index (χ1n) is 8.37. The first kappa shape index (κ1) is 21.2. The van der Waals surface area contributed by atoms with E-state index >= 15 is 0 Å². The van der Waals surface area contributed by atoms with Gasteiger partial charge in [0.25, 0.3) is 0 Å². The van der Waals surface area contributed by atoms with Gasteiger partial charge in [-0.1, -0.05) is 11.8 Å². The molecule has 0 atom stereocenters. The van der Waals surface area contributed by atoms with Crippen LogP contribution in [0.4, 0.5) is 5.00 Å². The molecule has 0 spiro atoms. The van der Waals surface area contributed by atoms with E-state index in [9.17, 15) is 9.59 Å². The van der Waals surface area contributed by atoms with Crippen LogP contribution in [0.25, 0.3) is 0 Å². The van der Waals surface area contributed by atoms with Gasteiger partial charge in [0, 0.05) is 11.3 Å². The van der Waals surface area contributed by atoms with E-state index in [-0.39, 0.29) is 35.1 Å². The van der Waals surface area contributed by atoms with Crippen LogP contribution >= 0.6 is 23.1 Å². The van der Waals surface area contributed by atoms with Gasteiger partial charge in [0.15, 0.2) is 0 Å². The summed E-state index contributed by atoms with van der Waals surface area (Å²) >= 11 is 2.33. The third-order valence-electron chi connectivity index (χ3n) is 3.40. The third kappa shape index (κ3) is 4.78. The van der Waals surface area contributed by atoms with Crippen molar-refractivity contribution in [2.24, 2.45) is 0 Å². The number of nitrogens with two attached hydrogens (primary N) is 1. The van der Waals surface area contributed by atoms with E-state index in [1.807, 2.05) is 20.8 Å². The van der Waals surface area contributed by atoms with E-state index in [4.69, 9.17) is 15.2 Å². The number of rotatable bonds is 7. The van der Waals surface area contributed by atoms with E-state index in [1.165, 1.54) is 11.8 Å². The standard InChI is InChI=1S/C16H23N5O4S2/c1-6-24-13(22)10-9(11(27-12(10)17)14(23)25-7-2)8-26-15-18-19-20-21(15)16(3,4)5/h6-8,17H2,1-5H3. The molecule has 0 aromatic carbocycles. The van der Waals surface area contributed by atoms with Gasteiger partial charge in [-0.3, -0.25) is 0 Å². The molecule has 0 aliphatic rings. The summed E-state index contributed by atoms with van der Waals surface area (Å²) in [6, 6.07) is 0. The van der Waals surface area contributed by atoms with Crippen molar-refractivity contribution in [2.45, 2.75) is 51.1 Å². The van der Waals surface area contributed by atoms with E-state index < -0.39 is 11.9 Å². The lowest BCUT2D eigenvalue weighted by atomic mass is 10.1. The topological polar surface area (TPSA) is 122 Å². The summed E-state index contributed by atoms with van der Waals surface area (Å²) in [5.74, 6) is -0.810. The molecule has 2 aromatic rings. The van der Waals surface area contributed by atoms with Crippen LogP contribution in [0.1, 0.15) is 60.2 Å². The zero-order valence-corrected chi connectivity index (χ0v) is 17.6. The third-order valence-corrected chi connectivity index (χ3v) is 5.38. The summed E-state index contributed by atoms with van der Waals surface area (Å²) in [4.78, 5) is 25.0. The molecule has 2 rings (SSSR count). The number of nitrogens with zero attached hydrogens (tertiary/aromatic N) is 4. The Morgan fingerprint density at radius 2 is 1.81 bits per heavy atom. The van der Waals surface area contributed by atoms with Crippen molar-refractivity contribution >= 4 is 40.0 Å². The summed E-state index contributed by atoms with van der Waals surface area (Å²) in [5, 5.41) is 12.5. The number of carbonyl (C=O) groups is 2. The summed E-state index contributed by atoms with van der Waals surface area (Å²) < 4.78 is 11.9. The highest BCUT2D eigenvalue weighted by molar-refractivity contribution is 7.98. The van der Waals surface area contributed by atoms with Crippen molar-refractivity contribution in [2.75, 3.05) is 18.9 Å². The van der Waals surface area contributed by atoms with Crippen LogP contribution in [0.15, 0.2) is 5.16 Å². The van der Waals surface area contributed by atoms with Crippen LogP contribution in [0, 0.1) is 0 Å². The predicted molar refractivity (Wildman–Crippen MR) is 103 cm³/mol. The number of nitrogen functional groups attached to an aromatic ring is 1. The number of thioether (sulfide) groups is 1. The monoisotopic (exact) mass is 413 g/mol. The van der Waals surface area contributed by atoms with E-state index in [0.717, 1.165) is 11.3 Å². The van der Waals surface area contributed by atoms with Crippen molar-refractivity contribution in [1.82, 2.24) is 20.2 Å². The number of hydrogen-bond donors (Lipinski definition) is 1. The Morgan fingerprint density at radius 1 is 1.19 bits per heavy atom. The average molecular weight is 414 g/mol. The van der Waals surface area contributed by atoms with Crippen LogP contribution in [0.2, 0.25) is 0 Å². The Labute approximate surface area is 165 Å². The number of thiophene rings is 1. The van der Waals surface area contributed by atoms with Crippen molar-refractivity contribution < 1.29 is 19.1 Å². The number of esters is 2. The minimum Gasteiger partial charge on any atom is -0.462 e. The molecule has 0 aliphatic carbocycles. The molecule has 9 nitrogen and oxygen atoms in total. The summed E-state index contributed by atoms with van der Waals surface area (Å²) in [6.07, 6.45) is 0. The fraction of sp³-hybridized carbons (Fsp3) is 0.562. The zero-order chi connectivity index (χ0) is 20.2. The highest BCUT2D eigenvalue weighted by Gasteiger charge is 2.29. The van der Waals surface area contributed by atoms with Crippen molar-refractivity contribution in [1.29, 1.82) is 0 Å². The number of ether oxygens (including phenoxy) is 2. The van der Waals surface area contributed by atoms with Crippen LogP contribution in [0.3, 0.4) is 0 Å². The predicted octanol–water partition coefficient (Wildman–Crippen LogP) is 2.72. The lowest BCUT2D eigenvalue weighted by Crippen LogP contribution is -2.24. The second-order valence-electron chi connectivity index (χ2n) is 6.42. The van der Waals surface area contributed by atoms with Crippen LogP contribution in [-0.2, 0) is 20.8 Å². The quantitative estimate of drug-likeness (QED) is 0.539. The molecular weight excluding hydrogens is 390 g/mol. The summed E-state index contributed by atoms with van der Waals surface area (Å²) in [6.45, 7) is 9.78. The first-order chi connectivity index (χ1) is 12.7. The van der Waals surface area contributed by atoms with E-state index in [0.29, 0.717) is 15.6 Å². The van der Waals surface area contributed by atoms with Gasteiger partial charge < -0.3 is 15.2 Å².